The summed E-state index contributed by atoms with van der Waals surface area (Å²) < 4.78 is 13.2. The van der Waals surface area contributed by atoms with Crippen LogP contribution in [-0.2, 0) is 4.79 Å². The number of amides is 2. The molecule has 3 aromatic carbocycles. The van der Waals surface area contributed by atoms with Crippen molar-refractivity contribution in [2.24, 2.45) is 0 Å². The molecule has 0 saturated carbocycles. The molecule has 1 saturated heterocycles. The Kier molecular flexibility index (Phi) is 7.38. The molecule has 0 aromatic heterocycles. The first kappa shape index (κ1) is 23.6. The van der Waals surface area contributed by atoms with Crippen LogP contribution in [0.1, 0.15) is 33.6 Å². The molecule has 0 spiro atoms. The lowest BCUT2D eigenvalue weighted by Gasteiger charge is -2.35. The highest BCUT2D eigenvalue weighted by atomic mass is 35.5. The van der Waals surface area contributed by atoms with Gasteiger partial charge in [0.1, 0.15) is 5.82 Å². The SMILES string of the molecule is O=C(CCC(=O)N1CCN(C(=O)c2ccc(F)cc2Cl)CC1)c1ccc(-c2ccccc2)cc1. The summed E-state index contributed by atoms with van der Waals surface area (Å²) in [6.07, 6.45) is 0.255. The Hall–Kier alpha value is -3.51. The molecule has 0 unspecified atom stereocenters. The normalized spacial score (nSPS) is 13.6. The van der Waals surface area contributed by atoms with Gasteiger partial charge in [-0.25, -0.2) is 4.39 Å². The Morgan fingerprint density at radius 1 is 0.765 bits per heavy atom. The van der Waals surface area contributed by atoms with Crippen LogP contribution in [0, 0.1) is 5.82 Å². The van der Waals surface area contributed by atoms with Gasteiger partial charge in [0.05, 0.1) is 10.6 Å². The molecular weight excluding hydrogens is 455 g/mol. The molecule has 34 heavy (non-hydrogen) atoms. The van der Waals surface area contributed by atoms with E-state index in [-0.39, 0.29) is 41.0 Å². The van der Waals surface area contributed by atoms with Crippen molar-refractivity contribution >= 4 is 29.2 Å². The lowest BCUT2D eigenvalue weighted by Crippen LogP contribution is -2.50. The Morgan fingerprint density at radius 2 is 1.38 bits per heavy atom. The summed E-state index contributed by atoms with van der Waals surface area (Å²) in [5.74, 6) is -0.973. The van der Waals surface area contributed by atoms with Crippen LogP contribution in [-0.4, -0.2) is 53.6 Å². The number of rotatable bonds is 6. The lowest BCUT2D eigenvalue weighted by atomic mass is 10.0. The number of carbonyl (C=O) groups excluding carboxylic acids is 3. The molecular formula is C27H24ClFN2O3. The van der Waals surface area contributed by atoms with Crippen LogP contribution in [0.4, 0.5) is 4.39 Å². The molecule has 1 aliphatic heterocycles. The lowest BCUT2D eigenvalue weighted by molar-refractivity contribution is -0.132. The van der Waals surface area contributed by atoms with Crippen molar-refractivity contribution in [3.8, 4) is 11.1 Å². The molecule has 7 heteroatoms. The molecule has 0 N–H and O–H groups in total. The summed E-state index contributed by atoms with van der Waals surface area (Å²) >= 11 is 6.00. The standard InChI is InChI=1S/C27H24ClFN2O3/c28-24-18-22(29)10-11-23(24)27(34)31-16-14-30(15-17-31)26(33)13-12-25(32)21-8-6-20(7-9-21)19-4-2-1-3-5-19/h1-11,18H,12-17H2. The maximum Gasteiger partial charge on any atom is 0.255 e. The molecule has 4 rings (SSSR count). The summed E-state index contributed by atoms with van der Waals surface area (Å²) in [7, 11) is 0. The average molecular weight is 479 g/mol. The average Bonchev–Trinajstić information content (AvgIpc) is 2.87. The second-order valence-electron chi connectivity index (χ2n) is 8.16. The number of piperazine rings is 1. The third-order valence-electron chi connectivity index (χ3n) is 5.96. The smallest absolute Gasteiger partial charge is 0.255 e. The number of hydrogen-bond donors (Lipinski definition) is 0. The first-order chi connectivity index (χ1) is 16.4. The van der Waals surface area contributed by atoms with Crippen LogP contribution >= 0.6 is 11.6 Å². The molecule has 1 fully saturated rings. The molecule has 0 atom stereocenters. The van der Waals surface area contributed by atoms with Gasteiger partial charge in [0.25, 0.3) is 5.91 Å². The van der Waals surface area contributed by atoms with Crippen LogP contribution < -0.4 is 0 Å². The molecule has 0 aliphatic carbocycles. The van der Waals surface area contributed by atoms with Crippen molar-refractivity contribution in [3.63, 3.8) is 0 Å². The monoisotopic (exact) mass is 478 g/mol. The number of carbonyl (C=O) groups is 3. The van der Waals surface area contributed by atoms with Gasteiger partial charge in [-0.05, 0) is 29.3 Å². The van der Waals surface area contributed by atoms with Crippen molar-refractivity contribution in [1.82, 2.24) is 9.80 Å². The second-order valence-corrected chi connectivity index (χ2v) is 8.57. The van der Waals surface area contributed by atoms with Gasteiger partial charge in [0, 0.05) is 44.6 Å². The molecule has 0 bridgehead atoms. The van der Waals surface area contributed by atoms with Crippen LogP contribution in [0.2, 0.25) is 5.02 Å². The predicted octanol–water partition coefficient (Wildman–Crippen LogP) is 5.09. The van der Waals surface area contributed by atoms with Crippen molar-refractivity contribution in [3.05, 3.63) is 94.8 Å². The van der Waals surface area contributed by atoms with E-state index in [2.05, 4.69) is 0 Å². The Morgan fingerprint density at radius 3 is 2.03 bits per heavy atom. The van der Waals surface area contributed by atoms with Crippen LogP contribution in [0.15, 0.2) is 72.8 Å². The highest BCUT2D eigenvalue weighted by Crippen LogP contribution is 2.21. The van der Waals surface area contributed by atoms with E-state index in [1.54, 1.807) is 21.9 Å². The number of benzene rings is 3. The van der Waals surface area contributed by atoms with E-state index >= 15 is 0 Å². The highest BCUT2D eigenvalue weighted by Gasteiger charge is 2.26. The molecule has 5 nitrogen and oxygen atoms in total. The quantitative estimate of drug-likeness (QED) is 0.463. The van der Waals surface area contributed by atoms with Crippen LogP contribution in [0.3, 0.4) is 0 Å². The number of nitrogens with zero attached hydrogens (tertiary/aromatic N) is 2. The minimum absolute atomic E-state index is 0.0684. The maximum atomic E-state index is 13.2. The second kappa shape index (κ2) is 10.6. The Bertz CT molecular complexity index is 1190. The third-order valence-corrected chi connectivity index (χ3v) is 6.27. The number of hydrogen-bond acceptors (Lipinski definition) is 3. The summed E-state index contributed by atoms with van der Waals surface area (Å²) in [5.41, 5.74) is 2.93. The fourth-order valence-corrected chi connectivity index (χ4v) is 4.24. The van der Waals surface area contributed by atoms with E-state index in [4.69, 9.17) is 11.6 Å². The van der Waals surface area contributed by atoms with Crippen molar-refractivity contribution < 1.29 is 18.8 Å². The summed E-state index contributed by atoms with van der Waals surface area (Å²) in [6.45, 7) is 1.47. The predicted molar refractivity (Wildman–Crippen MR) is 129 cm³/mol. The van der Waals surface area contributed by atoms with Gasteiger partial charge >= 0.3 is 0 Å². The van der Waals surface area contributed by atoms with E-state index in [0.717, 1.165) is 17.2 Å². The van der Waals surface area contributed by atoms with E-state index < -0.39 is 5.82 Å². The van der Waals surface area contributed by atoms with E-state index in [0.29, 0.717) is 31.7 Å². The fourth-order valence-electron chi connectivity index (χ4n) is 3.99. The Labute approximate surface area is 202 Å². The van der Waals surface area contributed by atoms with Gasteiger partial charge in [-0.2, -0.15) is 0 Å². The molecule has 2 amide bonds. The number of halogens is 2. The zero-order valence-electron chi connectivity index (χ0n) is 18.5. The number of Topliss-reactive ketones (excluding diaryl/α,β-unsaturated/α-hetero) is 1. The number of ketones is 1. The van der Waals surface area contributed by atoms with E-state index in [1.807, 2.05) is 42.5 Å². The van der Waals surface area contributed by atoms with Crippen molar-refractivity contribution in [1.29, 1.82) is 0 Å². The molecule has 1 heterocycles. The molecule has 174 valence electrons. The largest absolute Gasteiger partial charge is 0.339 e. The van der Waals surface area contributed by atoms with Gasteiger partial charge in [0.15, 0.2) is 5.78 Å². The van der Waals surface area contributed by atoms with Crippen LogP contribution in [0.25, 0.3) is 11.1 Å². The van der Waals surface area contributed by atoms with Gasteiger partial charge in [-0.1, -0.05) is 66.2 Å². The van der Waals surface area contributed by atoms with Crippen molar-refractivity contribution in [2.75, 3.05) is 26.2 Å². The topological polar surface area (TPSA) is 57.7 Å². The fraction of sp³-hybridized carbons (Fsp3) is 0.222. The Balaban J connectivity index is 1.26. The minimum atomic E-state index is -0.501. The minimum Gasteiger partial charge on any atom is -0.339 e. The van der Waals surface area contributed by atoms with E-state index in [1.165, 1.54) is 12.1 Å². The summed E-state index contributed by atoms with van der Waals surface area (Å²) in [4.78, 5) is 41.1. The van der Waals surface area contributed by atoms with Gasteiger partial charge < -0.3 is 9.80 Å². The third kappa shape index (κ3) is 5.51. The van der Waals surface area contributed by atoms with Gasteiger partial charge in [0.2, 0.25) is 5.91 Å². The molecule has 3 aromatic rings. The molecule has 1 aliphatic rings. The zero-order valence-corrected chi connectivity index (χ0v) is 19.3. The molecule has 0 radical (unpaired) electrons. The first-order valence-corrected chi connectivity index (χ1v) is 11.5. The summed E-state index contributed by atoms with van der Waals surface area (Å²) in [6, 6.07) is 21.0. The first-order valence-electron chi connectivity index (χ1n) is 11.1. The van der Waals surface area contributed by atoms with Gasteiger partial charge in [-0.15, -0.1) is 0 Å². The maximum absolute atomic E-state index is 13.2. The van der Waals surface area contributed by atoms with Crippen LogP contribution in [0.5, 0.6) is 0 Å². The van der Waals surface area contributed by atoms with Crippen molar-refractivity contribution in [2.45, 2.75) is 12.8 Å². The van der Waals surface area contributed by atoms with Gasteiger partial charge in [-0.3, -0.25) is 14.4 Å². The highest BCUT2D eigenvalue weighted by molar-refractivity contribution is 6.33. The van der Waals surface area contributed by atoms with E-state index in [9.17, 15) is 18.8 Å². The zero-order chi connectivity index (χ0) is 24.1. The summed E-state index contributed by atoms with van der Waals surface area (Å²) in [5, 5.41) is 0.0684.